The van der Waals surface area contributed by atoms with Gasteiger partial charge in [-0.15, -0.1) is 0 Å². The molecule has 0 radical (unpaired) electrons. The zero-order valence-corrected chi connectivity index (χ0v) is 14.2. The van der Waals surface area contributed by atoms with Crippen LogP contribution < -0.4 is 9.64 Å². The van der Waals surface area contributed by atoms with Crippen LogP contribution in [0.1, 0.15) is 12.0 Å². The van der Waals surface area contributed by atoms with E-state index in [2.05, 4.69) is 15.9 Å². The number of hydrogen-bond donors (Lipinski definition) is 0. The van der Waals surface area contributed by atoms with Crippen molar-refractivity contribution in [1.82, 2.24) is 0 Å². The predicted molar refractivity (Wildman–Crippen MR) is 91.4 cm³/mol. The summed E-state index contributed by atoms with van der Waals surface area (Å²) in [6.07, 6.45) is 0.184. The molecule has 1 fully saturated rings. The van der Waals surface area contributed by atoms with E-state index < -0.39 is 5.92 Å². The summed E-state index contributed by atoms with van der Waals surface area (Å²) in [5.74, 6) is -0.362. The molecule has 0 saturated carbocycles. The van der Waals surface area contributed by atoms with E-state index >= 15 is 0 Å². The summed E-state index contributed by atoms with van der Waals surface area (Å²) >= 11 is 3.33. The highest BCUT2D eigenvalue weighted by Gasteiger charge is 2.36. The summed E-state index contributed by atoms with van der Waals surface area (Å²) in [5.41, 5.74) is 1.87. The first-order valence-electron chi connectivity index (χ1n) is 7.38. The standard InChI is InChI=1S/C18H16BrNO3/c1-12-4-2-3-5-16(12)20-11-13(10-17(20)21)18(22)23-15-8-6-14(19)7-9-15/h2-9,13H,10-11H2,1H3. The van der Waals surface area contributed by atoms with Crippen molar-refractivity contribution in [2.75, 3.05) is 11.4 Å². The van der Waals surface area contributed by atoms with Gasteiger partial charge < -0.3 is 9.64 Å². The number of amides is 1. The number of nitrogens with zero attached hydrogens (tertiary/aromatic N) is 1. The van der Waals surface area contributed by atoms with Crippen molar-refractivity contribution in [2.45, 2.75) is 13.3 Å². The zero-order chi connectivity index (χ0) is 16.4. The number of esters is 1. The van der Waals surface area contributed by atoms with E-state index in [1.54, 1.807) is 17.0 Å². The maximum absolute atomic E-state index is 12.3. The molecule has 5 heteroatoms. The zero-order valence-electron chi connectivity index (χ0n) is 12.7. The molecular weight excluding hydrogens is 358 g/mol. The molecule has 1 amide bonds. The summed E-state index contributed by atoms with van der Waals surface area (Å²) < 4.78 is 6.29. The van der Waals surface area contributed by atoms with Gasteiger partial charge in [0.2, 0.25) is 5.91 Å². The van der Waals surface area contributed by atoms with Gasteiger partial charge >= 0.3 is 5.97 Å². The highest BCUT2D eigenvalue weighted by Crippen LogP contribution is 2.28. The van der Waals surface area contributed by atoms with E-state index in [4.69, 9.17) is 4.74 Å². The molecule has 0 aliphatic carbocycles. The number of hydrogen-bond acceptors (Lipinski definition) is 3. The lowest BCUT2D eigenvalue weighted by molar-refractivity contribution is -0.139. The topological polar surface area (TPSA) is 46.6 Å². The Labute approximate surface area is 143 Å². The molecule has 0 bridgehead atoms. The fraction of sp³-hybridized carbons (Fsp3) is 0.222. The average Bonchev–Trinajstić information content (AvgIpc) is 2.92. The lowest BCUT2D eigenvalue weighted by Gasteiger charge is -2.18. The molecule has 1 saturated heterocycles. The smallest absolute Gasteiger partial charge is 0.316 e. The highest BCUT2D eigenvalue weighted by atomic mass is 79.9. The second kappa shape index (κ2) is 6.54. The molecule has 1 aliphatic rings. The largest absolute Gasteiger partial charge is 0.426 e. The lowest BCUT2D eigenvalue weighted by atomic mass is 10.1. The third-order valence-corrected chi connectivity index (χ3v) is 4.43. The van der Waals surface area contributed by atoms with Gasteiger partial charge in [-0.05, 0) is 42.8 Å². The van der Waals surface area contributed by atoms with Gasteiger partial charge in [0.05, 0.1) is 5.92 Å². The van der Waals surface area contributed by atoms with Gasteiger partial charge in [-0.3, -0.25) is 9.59 Å². The van der Waals surface area contributed by atoms with Gasteiger partial charge in [0.15, 0.2) is 0 Å². The van der Waals surface area contributed by atoms with Crippen LogP contribution in [-0.4, -0.2) is 18.4 Å². The number of rotatable bonds is 3. The van der Waals surface area contributed by atoms with Crippen LogP contribution in [0.2, 0.25) is 0 Å². The third-order valence-electron chi connectivity index (χ3n) is 3.90. The highest BCUT2D eigenvalue weighted by molar-refractivity contribution is 9.10. The Morgan fingerprint density at radius 1 is 1.17 bits per heavy atom. The quantitative estimate of drug-likeness (QED) is 0.608. The summed E-state index contributed by atoms with van der Waals surface area (Å²) in [4.78, 5) is 26.2. The van der Waals surface area contributed by atoms with E-state index in [9.17, 15) is 9.59 Å². The molecule has 1 atom stereocenters. The first-order chi connectivity index (χ1) is 11.0. The van der Waals surface area contributed by atoms with Crippen molar-refractivity contribution < 1.29 is 14.3 Å². The molecule has 3 rings (SSSR count). The Balaban J connectivity index is 1.71. The van der Waals surface area contributed by atoms with Crippen molar-refractivity contribution in [3.8, 4) is 5.75 Å². The normalized spacial score (nSPS) is 17.4. The van der Waals surface area contributed by atoms with Crippen LogP contribution in [0.4, 0.5) is 5.69 Å². The number of aryl methyl sites for hydroxylation is 1. The number of carbonyl (C=O) groups excluding carboxylic acids is 2. The van der Waals surface area contributed by atoms with Crippen LogP contribution >= 0.6 is 15.9 Å². The molecule has 1 aliphatic heterocycles. The molecule has 0 spiro atoms. The number of halogens is 1. The van der Waals surface area contributed by atoms with E-state index in [1.807, 2.05) is 43.3 Å². The molecule has 0 aromatic heterocycles. The minimum Gasteiger partial charge on any atom is -0.426 e. The number of carbonyl (C=O) groups is 2. The van der Waals surface area contributed by atoms with Crippen molar-refractivity contribution in [2.24, 2.45) is 5.92 Å². The molecule has 118 valence electrons. The molecule has 1 unspecified atom stereocenters. The summed E-state index contributed by atoms with van der Waals surface area (Å²) in [7, 11) is 0. The van der Waals surface area contributed by atoms with E-state index in [0.717, 1.165) is 15.7 Å². The molecular formula is C18H16BrNO3. The molecule has 1 heterocycles. The Hall–Kier alpha value is -2.14. The minimum atomic E-state index is -0.439. The monoisotopic (exact) mass is 373 g/mol. The van der Waals surface area contributed by atoms with Crippen molar-refractivity contribution >= 4 is 33.5 Å². The molecule has 2 aromatic rings. The second-order valence-electron chi connectivity index (χ2n) is 5.57. The van der Waals surface area contributed by atoms with Gasteiger partial charge in [-0.2, -0.15) is 0 Å². The van der Waals surface area contributed by atoms with Crippen LogP contribution in [0, 0.1) is 12.8 Å². The second-order valence-corrected chi connectivity index (χ2v) is 6.48. The SMILES string of the molecule is Cc1ccccc1N1CC(C(=O)Oc2ccc(Br)cc2)CC1=O. The van der Waals surface area contributed by atoms with Crippen LogP contribution in [0.3, 0.4) is 0 Å². The van der Waals surface area contributed by atoms with Crippen LogP contribution in [-0.2, 0) is 9.59 Å². The first kappa shape index (κ1) is 15.7. The molecule has 0 N–H and O–H groups in total. The van der Waals surface area contributed by atoms with Crippen LogP contribution in [0.15, 0.2) is 53.0 Å². The van der Waals surface area contributed by atoms with Gasteiger partial charge in [0.25, 0.3) is 0 Å². The Kier molecular flexibility index (Phi) is 4.48. The maximum atomic E-state index is 12.3. The van der Waals surface area contributed by atoms with Gasteiger partial charge in [0.1, 0.15) is 5.75 Å². The van der Waals surface area contributed by atoms with Crippen LogP contribution in [0.25, 0.3) is 0 Å². The summed E-state index contributed by atoms with van der Waals surface area (Å²) in [5, 5.41) is 0. The van der Waals surface area contributed by atoms with Crippen LogP contribution in [0.5, 0.6) is 5.75 Å². The first-order valence-corrected chi connectivity index (χ1v) is 8.17. The fourth-order valence-corrected chi connectivity index (χ4v) is 2.93. The van der Waals surface area contributed by atoms with Gasteiger partial charge in [0, 0.05) is 23.1 Å². The molecule has 23 heavy (non-hydrogen) atoms. The number of ether oxygens (including phenoxy) is 1. The number of para-hydroxylation sites is 1. The van der Waals surface area contributed by atoms with E-state index in [1.165, 1.54) is 0 Å². The number of benzene rings is 2. The summed E-state index contributed by atoms with van der Waals surface area (Å²) in [6.45, 7) is 2.31. The van der Waals surface area contributed by atoms with Crippen molar-refractivity contribution in [3.05, 3.63) is 58.6 Å². The summed E-state index contributed by atoms with van der Waals surface area (Å²) in [6, 6.07) is 14.7. The van der Waals surface area contributed by atoms with E-state index in [0.29, 0.717) is 12.3 Å². The fourth-order valence-electron chi connectivity index (χ4n) is 2.67. The Morgan fingerprint density at radius 3 is 2.57 bits per heavy atom. The predicted octanol–water partition coefficient (Wildman–Crippen LogP) is 3.72. The molecule has 4 nitrogen and oxygen atoms in total. The Morgan fingerprint density at radius 2 is 1.87 bits per heavy atom. The van der Waals surface area contributed by atoms with Gasteiger partial charge in [-0.25, -0.2) is 0 Å². The van der Waals surface area contributed by atoms with Crippen molar-refractivity contribution in [3.63, 3.8) is 0 Å². The third kappa shape index (κ3) is 3.45. The van der Waals surface area contributed by atoms with E-state index in [-0.39, 0.29) is 18.3 Å². The molecule has 2 aromatic carbocycles. The van der Waals surface area contributed by atoms with Gasteiger partial charge in [-0.1, -0.05) is 34.1 Å². The van der Waals surface area contributed by atoms with Crippen molar-refractivity contribution in [1.29, 1.82) is 0 Å². The minimum absolute atomic E-state index is 0.0444. The average molecular weight is 374 g/mol. The lowest BCUT2D eigenvalue weighted by Crippen LogP contribution is -2.27. The number of anilines is 1. The maximum Gasteiger partial charge on any atom is 0.316 e. The Bertz CT molecular complexity index is 742.